The average Bonchev–Trinajstić information content (AvgIpc) is 2.83. The monoisotopic (exact) mass is 432 g/mol. The lowest BCUT2D eigenvalue weighted by Crippen LogP contribution is -1.95. The molecule has 1 heterocycles. The minimum absolute atomic E-state index is 0.153. The van der Waals surface area contributed by atoms with Gasteiger partial charge in [-0.05, 0) is 48.4 Å². The van der Waals surface area contributed by atoms with Crippen LogP contribution in [0.5, 0.6) is 0 Å². The molecule has 0 atom stereocenters. The van der Waals surface area contributed by atoms with Crippen LogP contribution < -0.4 is 0 Å². The molecule has 0 aliphatic carbocycles. The number of aryl methyl sites for hydroxylation is 2. The molecule has 0 aliphatic rings. The van der Waals surface area contributed by atoms with Gasteiger partial charge in [0.25, 0.3) is 0 Å². The molecule has 0 saturated heterocycles. The zero-order valence-corrected chi connectivity index (χ0v) is 19.7. The van der Waals surface area contributed by atoms with Crippen molar-refractivity contribution in [1.29, 1.82) is 0 Å². The summed E-state index contributed by atoms with van der Waals surface area (Å²) in [6, 6.07) is 14.1. The fraction of sp³-hybridized carbons (Fsp3) is 0.448. The van der Waals surface area contributed by atoms with Crippen LogP contribution in [0.3, 0.4) is 0 Å². The Labute approximate surface area is 193 Å². The van der Waals surface area contributed by atoms with Crippen LogP contribution >= 0.6 is 0 Å². The molecule has 0 N–H and O–H groups in total. The first-order valence-electron chi connectivity index (χ1n) is 12.4. The Morgan fingerprint density at radius 1 is 0.625 bits per heavy atom. The largest absolute Gasteiger partial charge is 0.236 e. The first kappa shape index (κ1) is 24.1. The molecule has 0 saturated carbocycles. The highest BCUT2D eigenvalue weighted by Gasteiger charge is 2.08. The first-order chi connectivity index (χ1) is 15.7. The second-order valence-corrected chi connectivity index (χ2v) is 8.77. The molecule has 2 nitrogen and oxygen atoms in total. The maximum atomic E-state index is 14.6. The zero-order valence-electron chi connectivity index (χ0n) is 19.7. The molecule has 0 amide bonds. The van der Waals surface area contributed by atoms with Crippen molar-refractivity contribution in [3.8, 4) is 22.5 Å². The lowest BCUT2D eigenvalue weighted by atomic mass is 10.0. The van der Waals surface area contributed by atoms with E-state index in [0.717, 1.165) is 41.5 Å². The molecule has 1 aromatic heterocycles. The molecular weight excluding hydrogens is 395 g/mol. The van der Waals surface area contributed by atoms with Crippen LogP contribution in [-0.4, -0.2) is 9.97 Å². The van der Waals surface area contributed by atoms with Crippen LogP contribution in [-0.2, 0) is 12.8 Å². The summed E-state index contributed by atoms with van der Waals surface area (Å²) >= 11 is 0. The van der Waals surface area contributed by atoms with Gasteiger partial charge >= 0.3 is 0 Å². The highest BCUT2D eigenvalue weighted by molar-refractivity contribution is 5.64. The van der Waals surface area contributed by atoms with Gasteiger partial charge in [0.15, 0.2) is 5.82 Å². The van der Waals surface area contributed by atoms with Gasteiger partial charge in [-0.25, -0.2) is 14.4 Å². The van der Waals surface area contributed by atoms with E-state index < -0.39 is 0 Å². The summed E-state index contributed by atoms with van der Waals surface area (Å²) in [5.74, 6) is 0.412. The van der Waals surface area contributed by atoms with Crippen molar-refractivity contribution in [3.63, 3.8) is 0 Å². The standard InChI is InChI=1S/C29H37FN2/c1-3-5-7-9-11-13-25-18-19-26(20-28(25)30)29-31-21-27(22-32-29)24-16-14-23(15-17-24)12-10-8-6-4-2/h14-22H,3-13H2,1-2H3. The van der Waals surface area contributed by atoms with Crippen molar-refractivity contribution in [3.05, 3.63) is 71.8 Å². The van der Waals surface area contributed by atoms with Crippen molar-refractivity contribution >= 4 is 0 Å². The predicted molar refractivity (Wildman–Crippen MR) is 133 cm³/mol. The molecule has 32 heavy (non-hydrogen) atoms. The second-order valence-electron chi connectivity index (χ2n) is 8.77. The third-order valence-electron chi connectivity index (χ3n) is 6.12. The predicted octanol–water partition coefficient (Wildman–Crippen LogP) is 8.59. The Bertz CT molecular complexity index is 932. The van der Waals surface area contributed by atoms with Crippen molar-refractivity contribution in [2.24, 2.45) is 0 Å². The van der Waals surface area contributed by atoms with Gasteiger partial charge in [0.05, 0.1) is 0 Å². The molecular formula is C29H37FN2. The normalized spacial score (nSPS) is 11.1. The molecule has 0 bridgehead atoms. The topological polar surface area (TPSA) is 25.8 Å². The van der Waals surface area contributed by atoms with Gasteiger partial charge in [-0.1, -0.05) is 95.2 Å². The minimum Gasteiger partial charge on any atom is -0.236 e. The second kappa shape index (κ2) is 13.1. The Kier molecular flexibility index (Phi) is 9.87. The van der Waals surface area contributed by atoms with Crippen LogP contribution in [0.4, 0.5) is 4.39 Å². The van der Waals surface area contributed by atoms with Gasteiger partial charge in [0.1, 0.15) is 5.82 Å². The molecule has 0 aliphatic heterocycles. The maximum Gasteiger partial charge on any atom is 0.159 e. The van der Waals surface area contributed by atoms with Gasteiger partial charge in [0, 0.05) is 23.5 Å². The summed E-state index contributed by atoms with van der Waals surface area (Å²) in [5.41, 5.74) is 4.99. The van der Waals surface area contributed by atoms with Gasteiger partial charge < -0.3 is 0 Å². The molecule has 0 radical (unpaired) electrons. The van der Waals surface area contributed by atoms with Gasteiger partial charge in [0.2, 0.25) is 0 Å². The summed E-state index contributed by atoms with van der Waals surface area (Å²) in [5, 5.41) is 0. The van der Waals surface area contributed by atoms with Crippen LogP contribution in [0, 0.1) is 5.82 Å². The number of unbranched alkanes of at least 4 members (excludes halogenated alkanes) is 7. The molecule has 3 heteroatoms. The summed E-state index contributed by atoms with van der Waals surface area (Å²) in [6.45, 7) is 4.45. The van der Waals surface area contributed by atoms with Crippen LogP contribution in [0.25, 0.3) is 22.5 Å². The summed E-state index contributed by atoms with van der Waals surface area (Å²) in [6.07, 6.45) is 16.7. The molecule has 2 aromatic carbocycles. The number of halogens is 1. The Morgan fingerprint density at radius 2 is 1.22 bits per heavy atom. The fourth-order valence-electron chi connectivity index (χ4n) is 4.05. The molecule has 3 rings (SSSR count). The molecule has 170 valence electrons. The summed E-state index contributed by atoms with van der Waals surface area (Å²) in [4.78, 5) is 9.01. The van der Waals surface area contributed by atoms with E-state index in [0.29, 0.717) is 5.82 Å². The number of hydrogen-bond acceptors (Lipinski definition) is 2. The van der Waals surface area contributed by atoms with Crippen LogP contribution in [0.2, 0.25) is 0 Å². The first-order valence-corrected chi connectivity index (χ1v) is 12.4. The Morgan fingerprint density at radius 3 is 1.88 bits per heavy atom. The molecule has 0 fully saturated rings. The number of nitrogens with zero attached hydrogens (tertiary/aromatic N) is 2. The van der Waals surface area contributed by atoms with E-state index in [2.05, 4.69) is 48.1 Å². The number of hydrogen-bond donors (Lipinski definition) is 0. The zero-order chi connectivity index (χ0) is 22.6. The van der Waals surface area contributed by atoms with Crippen molar-refractivity contribution in [2.75, 3.05) is 0 Å². The summed E-state index contributed by atoms with van der Waals surface area (Å²) < 4.78 is 14.6. The highest BCUT2D eigenvalue weighted by Crippen LogP contribution is 2.23. The molecule has 3 aromatic rings. The number of rotatable bonds is 13. The quantitative estimate of drug-likeness (QED) is 0.253. The van der Waals surface area contributed by atoms with Gasteiger partial charge in [-0.3, -0.25) is 0 Å². The van der Waals surface area contributed by atoms with Crippen LogP contribution in [0.15, 0.2) is 54.9 Å². The fourth-order valence-corrected chi connectivity index (χ4v) is 4.05. The lowest BCUT2D eigenvalue weighted by Gasteiger charge is -2.07. The smallest absolute Gasteiger partial charge is 0.159 e. The van der Waals surface area contributed by atoms with Crippen molar-refractivity contribution in [1.82, 2.24) is 9.97 Å². The minimum atomic E-state index is -0.153. The Balaban J connectivity index is 1.58. The SMILES string of the molecule is CCCCCCCc1ccc(-c2ncc(-c3ccc(CCCCCC)cc3)cn2)cc1F. The van der Waals surface area contributed by atoms with E-state index in [1.165, 1.54) is 56.9 Å². The van der Waals surface area contributed by atoms with Gasteiger partial charge in [-0.2, -0.15) is 0 Å². The van der Waals surface area contributed by atoms with E-state index in [9.17, 15) is 4.39 Å². The molecule has 0 spiro atoms. The van der Waals surface area contributed by atoms with E-state index in [1.54, 1.807) is 6.07 Å². The third-order valence-corrected chi connectivity index (χ3v) is 6.12. The van der Waals surface area contributed by atoms with Crippen molar-refractivity contribution in [2.45, 2.75) is 84.5 Å². The lowest BCUT2D eigenvalue weighted by molar-refractivity contribution is 0.588. The van der Waals surface area contributed by atoms with E-state index in [1.807, 2.05) is 24.5 Å². The molecule has 0 unspecified atom stereocenters. The van der Waals surface area contributed by atoms with E-state index >= 15 is 0 Å². The average molecular weight is 433 g/mol. The third kappa shape index (κ3) is 7.25. The van der Waals surface area contributed by atoms with Gasteiger partial charge in [-0.15, -0.1) is 0 Å². The van der Waals surface area contributed by atoms with Crippen molar-refractivity contribution < 1.29 is 4.39 Å². The Hall–Kier alpha value is -2.55. The summed E-state index contributed by atoms with van der Waals surface area (Å²) in [7, 11) is 0. The number of aromatic nitrogens is 2. The van der Waals surface area contributed by atoms with E-state index in [-0.39, 0.29) is 5.82 Å². The van der Waals surface area contributed by atoms with E-state index in [4.69, 9.17) is 0 Å². The van der Waals surface area contributed by atoms with Crippen LogP contribution in [0.1, 0.15) is 82.8 Å². The number of benzene rings is 2. The highest BCUT2D eigenvalue weighted by atomic mass is 19.1. The maximum absolute atomic E-state index is 14.6.